The summed E-state index contributed by atoms with van der Waals surface area (Å²) in [5, 5.41) is 23.0. The number of aryl methyl sites for hydroxylation is 1. The summed E-state index contributed by atoms with van der Waals surface area (Å²) in [6, 6.07) is 6.09. The second kappa shape index (κ2) is 6.57. The maximum absolute atomic E-state index is 11.8. The van der Waals surface area contributed by atoms with Gasteiger partial charge in [0.15, 0.2) is 0 Å². The van der Waals surface area contributed by atoms with E-state index in [1.54, 1.807) is 32.0 Å². The fourth-order valence-electron chi connectivity index (χ4n) is 1.62. The zero-order chi connectivity index (χ0) is 15.3. The number of anilines is 1. The van der Waals surface area contributed by atoms with Gasteiger partial charge in [0.25, 0.3) is 0 Å². The highest BCUT2D eigenvalue weighted by Gasteiger charge is 2.21. The number of carboxylic acids is 1. The first-order valence-electron chi connectivity index (χ1n) is 6.16. The summed E-state index contributed by atoms with van der Waals surface area (Å²) in [5.74, 6) is -1.68. The number of aliphatic carboxylic acids is 1. The molecule has 2 unspecified atom stereocenters. The second-order valence-corrected chi connectivity index (χ2v) is 4.62. The molecule has 3 N–H and O–H groups in total. The largest absolute Gasteiger partial charge is 0.481 e. The average Bonchev–Trinajstić information content (AvgIpc) is 2.37. The van der Waals surface area contributed by atoms with Crippen LogP contribution in [0.15, 0.2) is 18.2 Å². The summed E-state index contributed by atoms with van der Waals surface area (Å²) >= 11 is 0. The van der Waals surface area contributed by atoms with E-state index in [-0.39, 0.29) is 0 Å². The van der Waals surface area contributed by atoms with Gasteiger partial charge in [0.05, 0.1) is 17.2 Å². The molecule has 2 amide bonds. The molecule has 6 nitrogen and oxygen atoms in total. The van der Waals surface area contributed by atoms with E-state index in [9.17, 15) is 9.59 Å². The molecule has 2 atom stereocenters. The van der Waals surface area contributed by atoms with Gasteiger partial charge in [0.1, 0.15) is 6.07 Å². The third-order valence-corrected chi connectivity index (χ3v) is 3.13. The van der Waals surface area contributed by atoms with Gasteiger partial charge in [-0.2, -0.15) is 5.26 Å². The zero-order valence-electron chi connectivity index (χ0n) is 11.6. The summed E-state index contributed by atoms with van der Waals surface area (Å²) in [7, 11) is 0. The molecule has 0 fully saturated rings. The van der Waals surface area contributed by atoms with Crippen molar-refractivity contribution < 1.29 is 14.7 Å². The molecular weight excluding hydrogens is 258 g/mol. The van der Waals surface area contributed by atoms with Gasteiger partial charge in [-0.25, -0.2) is 4.79 Å². The van der Waals surface area contributed by atoms with Gasteiger partial charge < -0.3 is 15.7 Å². The lowest BCUT2D eigenvalue weighted by Gasteiger charge is -2.18. The van der Waals surface area contributed by atoms with Crippen LogP contribution < -0.4 is 10.6 Å². The predicted molar refractivity (Wildman–Crippen MR) is 74.3 cm³/mol. The minimum absolute atomic E-state index is 0.390. The smallest absolute Gasteiger partial charge is 0.319 e. The monoisotopic (exact) mass is 275 g/mol. The van der Waals surface area contributed by atoms with Gasteiger partial charge in [-0.1, -0.05) is 12.1 Å². The van der Waals surface area contributed by atoms with Gasteiger partial charge >= 0.3 is 12.0 Å². The first-order chi connectivity index (χ1) is 9.36. The summed E-state index contributed by atoms with van der Waals surface area (Å²) in [5.41, 5.74) is 1.55. The molecule has 1 aromatic carbocycles. The van der Waals surface area contributed by atoms with E-state index in [1.165, 1.54) is 6.92 Å². The van der Waals surface area contributed by atoms with Crippen molar-refractivity contribution in [3.8, 4) is 6.07 Å². The van der Waals surface area contributed by atoms with Crippen molar-refractivity contribution in [3.63, 3.8) is 0 Å². The number of benzene rings is 1. The third kappa shape index (κ3) is 3.72. The van der Waals surface area contributed by atoms with E-state index < -0.39 is 24.0 Å². The van der Waals surface area contributed by atoms with E-state index >= 15 is 0 Å². The van der Waals surface area contributed by atoms with Crippen molar-refractivity contribution in [2.24, 2.45) is 5.92 Å². The molecular formula is C14H17N3O3. The van der Waals surface area contributed by atoms with Crippen LogP contribution in [-0.2, 0) is 4.79 Å². The van der Waals surface area contributed by atoms with Crippen LogP contribution in [-0.4, -0.2) is 23.1 Å². The standard InChI is InChI=1S/C14H17N3O3/c1-8-5-4-6-12(11(8)7-15)17-14(20)16-10(3)9(2)13(18)19/h4-6,9-10H,1-3H3,(H,18,19)(H2,16,17,20). The van der Waals surface area contributed by atoms with Crippen LogP contribution in [0.2, 0.25) is 0 Å². The highest BCUT2D eigenvalue weighted by Crippen LogP contribution is 2.18. The normalized spacial score (nSPS) is 12.9. The Kier molecular flexibility index (Phi) is 5.09. The molecule has 20 heavy (non-hydrogen) atoms. The van der Waals surface area contributed by atoms with Gasteiger partial charge in [-0.05, 0) is 32.4 Å². The fourth-order valence-corrected chi connectivity index (χ4v) is 1.62. The predicted octanol–water partition coefficient (Wildman–Crippen LogP) is 2.10. The summed E-state index contributed by atoms with van der Waals surface area (Å²) in [6.07, 6.45) is 0. The molecule has 0 bridgehead atoms. The van der Waals surface area contributed by atoms with Crippen LogP contribution in [0.5, 0.6) is 0 Å². The topological polar surface area (TPSA) is 102 Å². The maximum Gasteiger partial charge on any atom is 0.319 e. The van der Waals surface area contributed by atoms with Crippen LogP contribution in [0, 0.1) is 24.2 Å². The molecule has 1 aromatic rings. The number of nitriles is 1. The van der Waals surface area contributed by atoms with E-state index in [4.69, 9.17) is 10.4 Å². The number of nitrogens with zero attached hydrogens (tertiary/aromatic N) is 1. The number of carboxylic acid groups (broad SMARTS) is 1. The van der Waals surface area contributed by atoms with Crippen LogP contribution in [0.4, 0.5) is 10.5 Å². The lowest BCUT2D eigenvalue weighted by molar-refractivity contribution is -0.141. The Balaban J connectivity index is 2.76. The lowest BCUT2D eigenvalue weighted by Crippen LogP contribution is -2.42. The molecule has 6 heteroatoms. The summed E-state index contributed by atoms with van der Waals surface area (Å²) < 4.78 is 0. The van der Waals surface area contributed by atoms with Gasteiger partial charge in [0.2, 0.25) is 0 Å². The van der Waals surface area contributed by atoms with E-state index in [1.807, 2.05) is 6.07 Å². The molecule has 0 saturated carbocycles. The van der Waals surface area contributed by atoms with E-state index in [2.05, 4.69) is 10.6 Å². The fraction of sp³-hybridized carbons (Fsp3) is 0.357. The van der Waals surface area contributed by atoms with Crippen LogP contribution in [0.1, 0.15) is 25.0 Å². The molecule has 0 aromatic heterocycles. The van der Waals surface area contributed by atoms with Crippen LogP contribution in [0.3, 0.4) is 0 Å². The van der Waals surface area contributed by atoms with Gasteiger partial charge in [0, 0.05) is 6.04 Å². The van der Waals surface area contributed by atoms with Crippen molar-refractivity contribution in [3.05, 3.63) is 29.3 Å². The lowest BCUT2D eigenvalue weighted by atomic mass is 10.0. The van der Waals surface area contributed by atoms with Crippen LogP contribution in [0.25, 0.3) is 0 Å². The highest BCUT2D eigenvalue weighted by atomic mass is 16.4. The number of hydrogen-bond donors (Lipinski definition) is 3. The number of amides is 2. The molecule has 1 rings (SSSR count). The quantitative estimate of drug-likeness (QED) is 0.783. The summed E-state index contributed by atoms with van der Waals surface area (Å²) in [4.78, 5) is 22.6. The molecule has 0 aliphatic heterocycles. The highest BCUT2D eigenvalue weighted by molar-refractivity contribution is 5.91. The molecule has 0 saturated heterocycles. The number of hydrogen-bond acceptors (Lipinski definition) is 3. The maximum atomic E-state index is 11.8. The summed E-state index contributed by atoms with van der Waals surface area (Å²) in [6.45, 7) is 4.90. The minimum Gasteiger partial charge on any atom is -0.481 e. The Labute approximate surface area is 117 Å². The van der Waals surface area contributed by atoms with Crippen LogP contribution >= 0.6 is 0 Å². The van der Waals surface area contributed by atoms with Crippen molar-refractivity contribution in [1.82, 2.24) is 5.32 Å². The number of carbonyl (C=O) groups excluding carboxylic acids is 1. The number of rotatable bonds is 4. The number of carbonyl (C=O) groups is 2. The van der Waals surface area contributed by atoms with Crippen molar-refractivity contribution >= 4 is 17.7 Å². The molecule has 0 radical (unpaired) electrons. The Morgan fingerprint density at radius 1 is 1.35 bits per heavy atom. The van der Waals surface area contributed by atoms with Crippen molar-refractivity contribution in [2.75, 3.05) is 5.32 Å². The Morgan fingerprint density at radius 3 is 2.55 bits per heavy atom. The Bertz CT molecular complexity index is 563. The zero-order valence-corrected chi connectivity index (χ0v) is 11.6. The van der Waals surface area contributed by atoms with Gasteiger partial charge in [-0.15, -0.1) is 0 Å². The SMILES string of the molecule is Cc1cccc(NC(=O)NC(C)C(C)C(=O)O)c1C#N. The molecule has 0 heterocycles. The van der Waals surface area contributed by atoms with Crippen molar-refractivity contribution in [1.29, 1.82) is 5.26 Å². The van der Waals surface area contributed by atoms with E-state index in [0.29, 0.717) is 11.3 Å². The first kappa shape index (κ1) is 15.5. The first-order valence-corrected chi connectivity index (χ1v) is 6.16. The molecule has 0 aliphatic rings. The average molecular weight is 275 g/mol. The number of nitrogens with one attached hydrogen (secondary N) is 2. The third-order valence-electron chi connectivity index (χ3n) is 3.13. The Morgan fingerprint density at radius 2 is 2.00 bits per heavy atom. The molecule has 0 aliphatic carbocycles. The van der Waals surface area contributed by atoms with Crippen molar-refractivity contribution in [2.45, 2.75) is 26.8 Å². The Hall–Kier alpha value is -2.55. The number of urea groups is 1. The molecule has 0 spiro atoms. The van der Waals surface area contributed by atoms with Gasteiger partial charge in [-0.3, -0.25) is 4.79 Å². The minimum atomic E-state index is -0.980. The molecule has 106 valence electrons. The second-order valence-electron chi connectivity index (χ2n) is 4.62. The van der Waals surface area contributed by atoms with E-state index in [0.717, 1.165) is 5.56 Å².